The van der Waals surface area contributed by atoms with Crippen LogP contribution < -0.4 is 4.72 Å². The van der Waals surface area contributed by atoms with Crippen molar-refractivity contribution >= 4 is 21.9 Å². The topological polar surface area (TPSA) is 110 Å². The summed E-state index contributed by atoms with van der Waals surface area (Å²) in [4.78, 5) is 11.4. The Morgan fingerprint density at radius 2 is 1.79 bits per heavy atom. The highest BCUT2D eigenvalue weighted by Gasteiger charge is 2.26. The van der Waals surface area contributed by atoms with Gasteiger partial charge in [0, 0.05) is 5.56 Å². The molecule has 7 nitrogen and oxygen atoms in total. The number of nitrogens with one attached hydrogen (secondary N) is 1. The van der Waals surface area contributed by atoms with Crippen LogP contribution in [0.2, 0.25) is 0 Å². The first-order valence-electron chi connectivity index (χ1n) is 9.09. The lowest BCUT2D eigenvalue weighted by atomic mass is 9.99. The molecule has 3 aromatic rings. The molecule has 0 aliphatic rings. The quantitative estimate of drug-likeness (QED) is 0.595. The first kappa shape index (κ1) is 20.6. The van der Waals surface area contributed by atoms with Crippen LogP contribution in [0.1, 0.15) is 35.5 Å². The van der Waals surface area contributed by atoms with Gasteiger partial charge in [-0.15, -0.1) is 0 Å². The number of hydrogen-bond donors (Lipinski definition) is 2. The molecule has 1 heterocycles. The number of rotatable bonds is 7. The molecule has 0 saturated carbocycles. The van der Waals surface area contributed by atoms with E-state index in [4.69, 9.17) is 4.52 Å². The van der Waals surface area contributed by atoms with E-state index in [2.05, 4.69) is 23.7 Å². The van der Waals surface area contributed by atoms with Crippen LogP contribution in [-0.4, -0.2) is 24.7 Å². The average Bonchev–Trinajstić information content (AvgIpc) is 3.01. The second-order valence-corrected chi connectivity index (χ2v) is 8.82. The molecule has 29 heavy (non-hydrogen) atoms. The van der Waals surface area contributed by atoms with Crippen LogP contribution in [0.25, 0.3) is 11.1 Å². The summed E-state index contributed by atoms with van der Waals surface area (Å²) < 4.78 is 33.1. The van der Waals surface area contributed by atoms with Gasteiger partial charge in [0.05, 0.1) is 10.6 Å². The highest BCUT2D eigenvalue weighted by Crippen LogP contribution is 2.30. The van der Waals surface area contributed by atoms with Crippen molar-refractivity contribution in [3.8, 4) is 11.1 Å². The van der Waals surface area contributed by atoms with Crippen molar-refractivity contribution in [1.29, 1.82) is 0 Å². The van der Waals surface area contributed by atoms with Gasteiger partial charge >= 0.3 is 5.97 Å². The van der Waals surface area contributed by atoms with E-state index in [-0.39, 0.29) is 16.2 Å². The van der Waals surface area contributed by atoms with Crippen LogP contribution >= 0.6 is 0 Å². The number of benzene rings is 2. The van der Waals surface area contributed by atoms with E-state index < -0.39 is 21.9 Å². The molecular formula is C21H22N2O5S. The Balaban J connectivity index is 1.99. The minimum Gasteiger partial charge on any atom is -0.477 e. The monoisotopic (exact) mass is 414 g/mol. The van der Waals surface area contributed by atoms with E-state index in [1.54, 1.807) is 18.2 Å². The third-order valence-corrected chi connectivity index (χ3v) is 5.78. The summed E-state index contributed by atoms with van der Waals surface area (Å²) in [5.41, 5.74) is 2.19. The standard InChI is InChI=1S/C21H22N2O5S/c1-13(2)12-15-8-10-16(11-9-15)17-6-4-5-7-18(17)29(26,27)23-20-19(21(24)25)14(3)22-28-20/h4-11,13,23H,12H2,1-3H3,(H,24,25). The molecule has 2 aromatic carbocycles. The fraction of sp³-hybridized carbons (Fsp3) is 0.238. The van der Waals surface area contributed by atoms with Crippen molar-refractivity contribution in [2.45, 2.75) is 32.1 Å². The maximum absolute atomic E-state index is 13.0. The summed E-state index contributed by atoms with van der Waals surface area (Å²) in [7, 11) is -4.11. The minimum atomic E-state index is -4.11. The SMILES string of the molecule is Cc1noc(NS(=O)(=O)c2ccccc2-c2ccc(CC(C)C)cc2)c1C(=O)O. The van der Waals surface area contributed by atoms with Gasteiger partial charge in [0.2, 0.25) is 0 Å². The van der Waals surface area contributed by atoms with Crippen molar-refractivity contribution in [3.05, 3.63) is 65.4 Å². The largest absolute Gasteiger partial charge is 0.477 e. The van der Waals surface area contributed by atoms with Gasteiger partial charge in [0.1, 0.15) is 5.56 Å². The smallest absolute Gasteiger partial charge is 0.343 e. The average molecular weight is 414 g/mol. The Labute approximate surface area is 169 Å². The normalized spacial score (nSPS) is 11.6. The van der Waals surface area contributed by atoms with Crippen LogP contribution in [0.3, 0.4) is 0 Å². The van der Waals surface area contributed by atoms with E-state index in [9.17, 15) is 18.3 Å². The zero-order chi connectivity index (χ0) is 21.2. The summed E-state index contributed by atoms with van der Waals surface area (Å²) >= 11 is 0. The molecule has 0 radical (unpaired) electrons. The van der Waals surface area contributed by atoms with Gasteiger partial charge in [0.25, 0.3) is 15.9 Å². The first-order valence-corrected chi connectivity index (χ1v) is 10.6. The summed E-state index contributed by atoms with van der Waals surface area (Å²) in [5.74, 6) is -1.22. The number of carboxylic acid groups (broad SMARTS) is 1. The molecule has 0 unspecified atom stereocenters. The maximum atomic E-state index is 13.0. The molecule has 2 N–H and O–H groups in total. The Bertz CT molecular complexity index is 1130. The van der Waals surface area contributed by atoms with E-state index in [1.165, 1.54) is 18.6 Å². The number of carboxylic acids is 1. The van der Waals surface area contributed by atoms with Crippen LogP contribution in [0.15, 0.2) is 57.9 Å². The Morgan fingerprint density at radius 3 is 2.41 bits per heavy atom. The summed E-state index contributed by atoms with van der Waals surface area (Å²) in [6.07, 6.45) is 0.935. The molecular weight excluding hydrogens is 392 g/mol. The number of nitrogens with zero attached hydrogens (tertiary/aromatic N) is 1. The predicted octanol–water partition coefficient (Wildman–Crippen LogP) is 4.35. The maximum Gasteiger partial charge on any atom is 0.343 e. The van der Waals surface area contributed by atoms with Gasteiger partial charge in [0.15, 0.2) is 0 Å². The lowest BCUT2D eigenvalue weighted by Gasteiger charge is -2.12. The van der Waals surface area contributed by atoms with Crippen molar-refractivity contribution in [2.75, 3.05) is 4.72 Å². The molecule has 0 atom stereocenters. The van der Waals surface area contributed by atoms with Crippen molar-refractivity contribution in [3.63, 3.8) is 0 Å². The molecule has 0 spiro atoms. The minimum absolute atomic E-state index is 0.0157. The second-order valence-electron chi connectivity index (χ2n) is 7.17. The second kappa shape index (κ2) is 8.08. The lowest BCUT2D eigenvalue weighted by Crippen LogP contribution is -2.15. The number of aryl methyl sites for hydroxylation is 1. The zero-order valence-corrected chi connectivity index (χ0v) is 17.2. The summed E-state index contributed by atoms with van der Waals surface area (Å²) in [6, 6.07) is 14.2. The van der Waals surface area contributed by atoms with Crippen LogP contribution in [-0.2, 0) is 16.4 Å². The Hall–Kier alpha value is -3.13. The van der Waals surface area contributed by atoms with Crippen molar-refractivity contribution in [2.24, 2.45) is 5.92 Å². The fourth-order valence-corrected chi connectivity index (χ4v) is 4.33. The summed E-state index contributed by atoms with van der Waals surface area (Å²) in [5, 5.41) is 12.8. The highest BCUT2D eigenvalue weighted by molar-refractivity contribution is 7.92. The predicted molar refractivity (Wildman–Crippen MR) is 109 cm³/mol. The Morgan fingerprint density at radius 1 is 1.14 bits per heavy atom. The molecule has 3 rings (SSSR count). The van der Waals surface area contributed by atoms with Gasteiger partial charge in [-0.1, -0.05) is 61.5 Å². The fourth-order valence-electron chi connectivity index (χ4n) is 3.10. The Kier molecular flexibility index (Phi) is 5.74. The third-order valence-electron chi connectivity index (χ3n) is 4.39. The lowest BCUT2D eigenvalue weighted by molar-refractivity contribution is 0.0697. The van der Waals surface area contributed by atoms with Gasteiger partial charge in [-0.25, -0.2) is 17.9 Å². The zero-order valence-electron chi connectivity index (χ0n) is 16.3. The van der Waals surface area contributed by atoms with Crippen molar-refractivity contribution in [1.82, 2.24) is 5.16 Å². The van der Waals surface area contributed by atoms with Gasteiger partial charge in [-0.05, 0) is 36.5 Å². The number of anilines is 1. The number of aromatic nitrogens is 1. The van der Waals surface area contributed by atoms with Crippen LogP contribution in [0, 0.1) is 12.8 Å². The van der Waals surface area contributed by atoms with Crippen LogP contribution in [0.4, 0.5) is 5.88 Å². The molecule has 1 aromatic heterocycles. The molecule has 0 bridgehead atoms. The van der Waals surface area contributed by atoms with E-state index in [0.29, 0.717) is 11.5 Å². The first-order chi connectivity index (χ1) is 13.7. The molecule has 152 valence electrons. The number of sulfonamides is 1. The molecule has 0 aliphatic heterocycles. The molecule has 0 amide bonds. The highest BCUT2D eigenvalue weighted by atomic mass is 32.2. The van der Waals surface area contributed by atoms with Crippen LogP contribution in [0.5, 0.6) is 0 Å². The number of carbonyl (C=O) groups is 1. The van der Waals surface area contributed by atoms with E-state index >= 15 is 0 Å². The van der Waals surface area contributed by atoms with Gasteiger partial charge < -0.3 is 9.63 Å². The van der Waals surface area contributed by atoms with Crippen molar-refractivity contribution < 1.29 is 22.8 Å². The third kappa shape index (κ3) is 4.48. The number of hydrogen-bond acceptors (Lipinski definition) is 5. The van der Waals surface area contributed by atoms with E-state index in [0.717, 1.165) is 12.0 Å². The molecule has 0 saturated heterocycles. The molecule has 0 fully saturated rings. The summed E-state index contributed by atoms with van der Waals surface area (Å²) in [6.45, 7) is 5.70. The van der Waals surface area contributed by atoms with E-state index in [1.807, 2.05) is 24.3 Å². The molecule has 0 aliphatic carbocycles. The van der Waals surface area contributed by atoms with Gasteiger partial charge in [-0.2, -0.15) is 0 Å². The number of aromatic carboxylic acids is 1. The molecule has 8 heteroatoms. The van der Waals surface area contributed by atoms with Gasteiger partial charge in [-0.3, -0.25) is 0 Å².